The van der Waals surface area contributed by atoms with Crippen molar-refractivity contribution in [1.82, 2.24) is 10.2 Å². The Kier molecular flexibility index (Phi) is 7.61. The summed E-state index contributed by atoms with van der Waals surface area (Å²) < 4.78 is 5.69. The van der Waals surface area contributed by atoms with E-state index in [1.165, 1.54) is 5.56 Å². The molecule has 0 heterocycles. The van der Waals surface area contributed by atoms with Crippen LogP contribution in [0.1, 0.15) is 43.4 Å². The average Bonchev–Trinajstić information content (AvgIpc) is 2.69. The SMILES string of the molecule is CNC(=O)[C@H](C)N(Cc1cccc(C)c1)C(=O)COc1ccc(C(C)C)cc1. The van der Waals surface area contributed by atoms with Gasteiger partial charge in [0, 0.05) is 13.6 Å². The topological polar surface area (TPSA) is 58.6 Å². The number of benzene rings is 2. The van der Waals surface area contributed by atoms with Gasteiger partial charge in [-0.05, 0) is 43.0 Å². The van der Waals surface area contributed by atoms with Crippen molar-refractivity contribution < 1.29 is 14.3 Å². The van der Waals surface area contributed by atoms with Gasteiger partial charge in [0.15, 0.2) is 6.61 Å². The second kappa shape index (κ2) is 9.93. The lowest BCUT2D eigenvalue weighted by Crippen LogP contribution is -2.48. The van der Waals surface area contributed by atoms with Gasteiger partial charge < -0.3 is 15.0 Å². The molecule has 5 nitrogen and oxygen atoms in total. The van der Waals surface area contributed by atoms with Crippen molar-refractivity contribution in [2.75, 3.05) is 13.7 Å². The zero-order valence-electron chi connectivity index (χ0n) is 17.4. The zero-order chi connectivity index (χ0) is 20.7. The third-order valence-electron chi connectivity index (χ3n) is 4.76. The fourth-order valence-corrected chi connectivity index (χ4v) is 2.98. The molecule has 2 amide bonds. The van der Waals surface area contributed by atoms with Crippen LogP contribution in [0.3, 0.4) is 0 Å². The Morgan fingerprint density at radius 2 is 1.75 bits per heavy atom. The summed E-state index contributed by atoms with van der Waals surface area (Å²) in [5.41, 5.74) is 3.30. The van der Waals surface area contributed by atoms with Crippen LogP contribution in [-0.4, -0.2) is 36.4 Å². The number of nitrogens with zero attached hydrogens (tertiary/aromatic N) is 1. The first-order valence-electron chi connectivity index (χ1n) is 9.61. The van der Waals surface area contributed by atoms with Crippen LogP contribution >= 0.6 is 0 Å². The van der Waals surface area contributed by atoms with Crippen molar-refractivity contribution >= 4 is 11.8 Å². The first-order chi connectivity index (χ1) is 13.3. The highest BCUT2D eigenvalue weighted by Crippen LogP contribution is 2.19. The van der Waals surface area contributed by atoms with E-state index in [0.717, 1.165) is 11.1 Å². The number of aryl methyl sites for hydroxylation is 1. The van der Waals surface area contributed by atoms with Gasteiger partial charge in [0.05, 0.1) is 0 Å². The highest BCUT2D eigenvalue weighted by molar-refractivity contribution is 5.87. The van der Waals surface area contributed by atoms with Gasteiger partial charge in [0.2, 0.25) is 5.91 Å². The van der Waals surface area contributed by atoms with Crippen LogP contribution in [0.25, 0.3) is 0 Å². The summed E-state index contributed by atoms with van der Waals surface area (Å²) >= 11 is 0. The first-order valence-corrected chi connectivity index (χ1v) is 9.61. The smallest absolute Gasteiger partial charge is 0.261 e. The maximum absolute atomic E-state index is 12.9. The van der Waals surface area contributed by atoms with Gasteiger partial charge in [0.1, 0.15) is 11.8 Å². The summed E-state index contributed by atoms with van der Waals surface area (Å²) in [6.45, 7) is 8.22. The molecule has 1 N–H and O–H groups in total. The van der Waals surface area contributed by atoms with Crippen molar-refractivity contribution in [3.05, 3.63) is 65.2 Å². The normalized spacial score (nSPS) is 11.8. The molecule has 2 aromatic rings. The number of hydrogen-bond acceptors (Lipinski definition) is 3. The molecule has 0 aliphatic heterocycles. The second-order valence-electron chi connectivity index (χ2n) is 7.31. The van der Waals surface area contributed by atoms with Crippen LogP contribution in [0.4, 0.5) is 0 Å². The lowest BCUT2D eigenvalue weighted by atomic mass is 10.0. The molecule has 1 atom stereocenters. The molecule has 150 valence electrons. The number of amides is 2. The van der Waals surface area contributed by atoms with Crippen LogP contribution in [0.15, 0.2) is 48.5 Å². The summed E-state index contributed by atoms with van der Waals surface area (Å²) in [5.74, 6) is 0.641. The second-order valence-corrected chi connectivity index (χ2v) is 7.31. The highest BCUT2D eigenvalue weighted by atomic mass is 16.5. The van der Waals surface area contributed by atoms with Gasteiger partial charge in [-0.3, -0.25) is 9.59 Å². The summed E-state index contributed by atoms with van der Waals surface area (Å²) in [6.07, 6.45) is 0. The van der Waals surface area contributed by atoms with Crippen LogP contribution in [0, 0.1) is 6.92 Å². The van der Waals surface area contributed by atoms with Gasteiger partial charge in [-0.2, -0.15) is 0 Å². The van der Waals surface area contributed by atoms with Crippen molar-refractivity contribution in [3.8, 4) is 5.75 Å². The van der Waals surface area contributed by atoms with Gasteiger partial charge in [-0.15, -0.1) is 0 Å². The Balaban J connectivity index is 2.10. The third kappa shape index (κ3) is 5.84. The molecule has 0 aliphatic carbocycles. The molecule has 0 spiro atoms. The Labute approximate surface area is 167 Å². The van der Waals surface area contributed by atoms with Crippen molar-refractivity contribution in [2.24, 2.45) is 0 Å². The number of rotatable bonds is 8. The lowest BCUT2D eigenvalue weighted by molar-refractivity contribution is -0.142. The highest BCUT2D eigenvalue weighted by Gasteiger charge is 2.25. The minimum Gasteiger partial charge on any atom is -0.484 e. The molecule has 0 radical (unpaired) electrons. The first kappa shape index (κ1) is 21.5. The molecule has 0 aromatic heterocycles. The van der Waals surface area contributed by atoms with Crippen LogP contribution < -0.4 is 10.1 Å². The minimum absolute atomic E-state index is 0.117. The number of hydrogen-bond donors (Lipinski definition) is 1. The van der Waals surface area contributed by atoms with Gasteiger partial charge >= 0.3 is 0 Å². The molecular weight excluding hydrogens is 352 g/mol. The summed E-state index contributed by atoms with van der Waals surface area (Å²) in [4.78, 5) is 26.6. The lowest BCUT2D eigenvalue weighted by Gasteiger charge is -2.28. The molecule has 2 rings (SSSR count). The number of nitrogens with one attached hydrogen (secondary N) is 1. The van der Waals surface area contributed by atoms with Gasteiger partial charge in [0.25, 0.3) is 5.91 Å². The fourth-order valence-electron chi connectivity index (χ4n) is 2.98. The Morgan fingerprint density at radius 1 is 1.07 bits per heavy atom. The number of carbonyl (C=O) groups excluding carboxylic acids is 2. The van der Waals surface area contributed by atoms with Crippen molar-refractivity contribution in [2.45, 2.75) is 46.2 Å². The maximum atomic E-state index is 12.9. The summed E-state index contributed by atoms with van der Waals surface area (Å²) in [6, 6.07) is 15.1. The molecule has 0 unspecified atom stereocenters. The van der Waals surface area contributed by atoms with E-state index in [1.807, 2.05) is 55.5 Å². The van der Waals surface area contributed by atoms with Crippen LogP contribution in [-0.2, 0) is 16.1 Å². The third-order valence-corrected chi connectivity index (χ3v) is 4.76. The fraction of sp³-hybridized carbons (Fsp3) is 0.391. The predicted molar refractivity (Wildman–Crippen MR) is 111 cm³/mol. The van der Waals surface area contributed by atoms with E-state index in [2.05, 4.69) is 19.2 Å². The minimum atomic E-state index is -0.593. The monoisotopic (exact) mass is 382 g/mol. The van der Waals surface area contributed by atoms with E-state index >= 15 is 0 Å². The van der Waals surface area contributed by atoms with Crippen LogP contribution in [0.5, 0.6) is 5.75 Å². The largest absolute Gasteiger partial charge is 0.484 e. The Morgan fingerprint density at radius 3 is 2.32 bits per heavy atom. The van der Waals surface area contributed by atoms with Gasteiger partial charge in [-0.1, -0.05) is 55.8 Å². The number of ether oxygens (including phenoxy) is 1. The zero-order valence-corrected chi connectivity index (χ0v) is 17.4. The van der Waals surface area contributed by atoms with Crippen LogP contribution in [0.2, 0.25) is 0 Å². The maximum Gasteiger partial charge on any atom is 0.261 e. The summed E-state index contributed by atoms with van der Waals surface area (Å²) in [7, 11) is 1.57. The van der Waals surface area contributed by atoms with E-state index < -0.39 is 6.04 Å². The van der Waals surface area contributed by atoms with E-state index in [-0.39, 0.29) is 18.4 Å². The standard InChI is InChI=1S/C23H30N2O3/c1-16(2)20-9-11-21(12-10-20)28-15-22(26)25(18(4)23(27)24-5)14-19-8-6-7-17(3)13-19/h6-13,16,18H,14-15H2,1-5H3,(H,24,27)/t18-/m0/s1. The molecular formula is C23H30N2O3. The van der Waals surface area contributed by atoms with E-state index in [0.29, 0.717) is 18.2 Å². The molecule has 2 aromatic carbocycles. The number of likely N-dealkylation sites (N-methyl/N-ethyl adjacent to an activating group) is 1. The molecule has 0 saturated heterocycles. The predicted octanol–water partition coefficient (Wildman–Crippen LogP) is 3.66. The molecule has 0 aliphatic rings. The molecule has 5 heteroatoms. The average molecular weight is 383 g/mol. The molecule has 0 fully saturated rings. The van der Waals surface area contributed by atoms with E-state index in [1.54, 1.807) is 18.9 Å². The Bertz CT molecular complexity index is 800. The molecule has 28 heavy (non-hydrogen) atoms. The Hall–Kier alpha value is -2.82. The van der Waals surface area contributed by atoms with E-state index in [9.17, 15) is 9.59 Å². The quantitative estimate of drug-likeness (QED) is 0.758. The van der Waals surface area contributed by atoms with E-state index in [4.69, 9.17) is 4.74 Å². The van der Waals surface area contributed by atoms with Crippen molar-refractivity contribution in [3.63, 3.8) is 0 Å². The molecule has 0 bridgehead atoms. The number of carbonyl (C=O) groups is 2. The molecule has 0 saturated carbocycles. The summed E-state index contributed by atoms with van der Waals surface area (Å²) in [5, 5.41) is 2.61. The van der Waals surface area contributed by atoms with Gasteiger partial charge in [-0.25, -0.2) is 0 Å². The van der Waals surface area contributed by atoms with Crippen molar-refractivity contribution in [1.29, 1.82) is 0 Å².